The van der Waals surface area contributed by atoms with Crippen LogP contribution in [0.2, 0.25) is 0 Å². The maximum atomic E-state index is 14.8. The fourth-order valence-electron chi connectivity index (χ4n) is 5.38. The number of anilines is 1. The van der Waals surface area contributed by atoms with Crippen molar-refractivity contribution in [3.05, 3.63) is 89.7 Å². The molecule has 2 fully saturated rings. The molecule has 0 saturated carbocycles. The number of methoxy groups -OCH3 is 2. The number of phenolic OH excluding ortho intramolecular Hbond substituents is 1. The van der Waals surface area contributed by atoms with Gasteiger partial charge in [0.2, 0.25) is 11.8 Å². The second kappa shape index (κ2) is 8.76. The minimum absolute atomic E-state index is 0.111. The smallest absolute Gasteiger partial charge is 0.331 e. The van der Waals surface area contributed by atoms with Crippen molar-refractivity contribution < 1.29 is 33.4 Å². The van der Waals surface area contributed by atoms with Crippen LogP contribution < -0.4 is 15.0 Å². The molecular formula is C27H23FN2O6. The Labute approximate surface area is 206 Å². The van der Waals surface area contributed by atoms with Gasteiger partial charge in [-0.25, -0.2) is 14.1 Å². The number of carbonyl (C=O) groups is 3. The number of phenols is 1. The number of halogens is 1. The molecule has 2 aliphatic rings. The Kier molecular flexibility index (Phi) is 5.72. The highest BCUT2D eigenvalue weighted by atomic mass is 19.1. The molecule has 0 unspecified atom stereocenters. The maximum Gasteiger partial charge on any atom is 0.331 e. The van der Waals surface area contributed by atoms with E-state index in [1.807, 2.05) is 0 Å². The van der Waals surface area contributed by atoms with Crippen LogP contribution in [0.4, 0.5) is 10.1 Å². The van der Waals surface area contributed by atoms with Gasteiger partial charge in [-0.05, 0) is 35.4 Å². The number of esters is 1. The molecular weight excluding hydrogens is 467 g/mol. The number of para-hydroxylation sites is 1. The number of hydrogen-bond acceptors (Lipinski definition) is 7. The summed E-state index contributed by atoms with van der Waals surface area (Å²) in [4.78, 5) is 42.1. The van der Waals surface area contributed by atoms with E-state index in [0.717, 1.165) is 11.0 Å². The van der Waals surface area contributed by atoms with Crippen LogP contribution in [0.3, 0.4) is 0 Å². The molecule has 36 heavy (non-hydrogen) atoms. The summed E-state index contributed by atoms with van der Waals surface area (Å²) >= 11 is 0. The lowest BCUT2D eigenvalue weighted by Gasteiger charge is -2.33. The second-order valence-corrected chi connectivity index (χ2v) is 8.69. The van der Waals surface area contributed by atoms with Crippen LogP contribution >= 0.6 is 0 Å². The van der Waals surface area contributed by atoms with Crippen molar-refractivity contribution in [2.75, 3.05) is 19.1 Å². The Morgan fingerprint density at radius 3 is 2.36 bits per heavy atom. The van der Waals surface area contributed by atoms with Crippen LogP contribution in [0, 0.1) is 17.7 Å². The number of imide groups is 1. The lowest BCUT2D eigenvalue weighted by Crippen LogP contribution is -2.53. The minimum atomic E-state index is -1.73. The Balaban J connectivity index is 1.75. The standard InChI is InChI=1S/C27H23FN2O6/c1-35-20-14-15(12-13-19(20)31)23-21-22(25(33)30(24(21)32)18-11-7-6-10-17(18)28)27(29-23,26(34)36-2)16-8-4-3-5-9-16/h3-14,21-23,29,31H,1-2H3/t21-,22+,23-,27+/m1/s1. The number of fused-ring (bicyclic) bond motifs is 1. The normalized spacial score (nSPS) is 25.1. The van der Waals surface area contributed by atoms with Crippen LogP contribution in [-0.4, -0.2) is 37.1 Å². The molecule has 0 bridgehead atoms. The van der Waals surface area contributed by atoms with Gasteiger partial charge in [-0.15, -0.1) is 0 Å². The molecule has 2 heterocycles. The molecule has 3 aromatic rings. The predicted molar refractivity (Wildman–Crippen MR) is 127 cm³/mol. The molecule has 9 heteroatoms. The Hall–Kier alpha value is -4.24. The zero-order valence-electron chi connectivity index (χ0n) is 19.5. The zero-order chi connectivity index (χ0) is 25.6. The van der Waals surface area contributed by atoms with Gasteiger partial charge in [-0.1, -0.05) is 48.5 Å². The Bertz CT molecular complexity index is 1360. The predicted octanol–water partition coefficient (Wildman–Crippen LogP) is 3.06. The number of nitrogens with zero attached hydrogens (tertiary/aromatic N) is 1. The maximum absolute atomic E-state index is 14.8. The fourth-order valence-corrected chi connectivity index (χ4v) is 5.38. The summed E-state index contributed by atoms with van der Waals surface area (Å²) in [5.41, 5.74) is -0.992. The van der Waals surface area contributed by atoms with Crippen LogP contribution in [-0.2, 0) is 24.7 Å². The van der Waals surface area contributed by atoms with Crippen molar-refractivity contribution in [3.8, 4) is 11.5 Å². The van der Waals surface area contributed by atoms with E-state index in [-0.39, 0.29) is 17.2 Å². The van der Waals surface area contributed by atoms with Crippen molar-refractivity contribution in [1.29, 1.82) is 0 Å². The first kappa shape index (κ1) is 23.5. The SMILES string of the molecule is COC(=O)[C@@]1(c2ccccc2)N[C@H](c2ccc(O)c(OC)c2)[C@@H]2C(=O)N(c3ccccc3F)C(=O)[C@H]21. The second-order valence-electron chi connectivity index (χ2n) is 8.69. The van der Waals surface area contributed by atoms with E-state index in [9.17, 15) is 23.9 Å². The first-order valence-electron chi connectivity index (χ1n) is 11.3. The molecule has 184 valence electrons. The average Bonchev–Trinajstić information content (AvgIpc) is 3.39. The van der Waals surface area contributed by atoms with Gasteiger partial charge in [-0.2, -0.15) is 0 Å². The number of hydrogen-bond donors (Lipinski definition) is 2. The first-order chi connectivity index (χ1) is 17.3. The number of amides is 2. The van der Waals surface area contributed by atoms with E-state index < -0.39 is 47.0 Å². The highest BCUT2D eigenvalue weighted by Crippen LogP contribution is 2.54. The number of carbonyl (C=O) groups excluding carboxylic acids is 3. The number of benzene rings is 3. The molecule has 0 radical (unpaired) electrons. The molecule has 2 aliphatic heterocycles. The van der Waals surface area contributed by atoms with E-state index in [1.165, 1.54) is 44.6 Å². The van der Waals surface area contributed by atoms with E-state index >= 15 is 0 Å². The van der Waals surface area contributed by atoms with E-state index in [4.69, 9.17) is 9.47 Å². The third kappa shape index (κ3) is 3.27. The molecule has 2 saturated heterocycles. The van der Waals surface area contributed by atoms with Crippen LogP contribution in [0.1, 0.15) is 17.2 Å². The highest BCUT2D eigenvalue weighted by Gasteiger charge is 2.70. The molecule has 0 aromatic heterocycles. The van der Waals surface area contributed by atoms with Crippen molar-refractivity contribution in [3.63, 3.8) is 0 Å². The van der Waals surface area contributed by atoms with Crippen LogP contribution in [0.25, 0.3) is 0 Å². The van der Waals surface area contributed by atoms with Gasteiger partial charge in [0.05, 0.1) is 31.7 Å². The van der Waals surface area contributed by atoms with E-state index in [0.29, 0.717) is 11.1 Å². The highest BCUT2D eigenvalue weighted by molar-refractivity contribution is 6.24. The minimum Gasteiger partial charge on any atom is -0.504 e. The van der Waals surface area contributed by atoms with Gasteiger partial charge in [0, 0.05) is 6.04 Å². The first-order valence-corrected chi connectivity index (χ1v) is 11.3. The van der Waals surface area contributed by atoms with Gasteiger partial charge in [0.1, 0.15) is 5.82 Å². The van der Waals surface area contributed by atoms with Gasteiger partial charge < -0.3 is 14.6 Å². The van der Waals surface area contributed by atoms with Crippen molar-refractivity contribution in [2.24, 2.45) is 11.8 Å². The van der Waals surface area contributed by atoms with E-state index in [1.54, 1.807) is 36.4 Å². The number of aromatic hydroxyl groups is 1. The monoisotopic (exact) mass is 490 g/mol. The summed E-state index contributed by atoms with van der Waals surface area (Å²) in [5, 5.41) is 13.3. The summed E-state index contributed by atoms with van der Waals surface area (Å²) in [6, 6.07) is 17.7. The summed E-state index contributed by atoms with van der Waals surface area (Å²) in [7, 11) is 2.59. The number of ether oxygens (including phenoxy) is 2. The van der Waals surface area contributed by atoms with Gasteiger partial charge >= 0.3 is 5.97 Å². The lowest BCUT2D eigenvalue weighted by atomic mass is 9.75. The van der Waals surface area contributed by atoms with Crippen LogP contribution in [0.15, 0.2) is 72.8 Å². The molecule has 0 spiro atoms. The van der Waals surface area contributed by atoms with Gasteiger partial charge in [0.15, 0.2) is 17.0 Å². The molecule has 2 amide bonds. The topological polar surface area (TPSA) is 105 Å². The fraction of sp³-hybridized carbons (Fsp3) is 0.222. The third-order valence-corrected chi connectivity index (χ3v) is 6.95. The molecule has 5 rings (SSSR count). The zero-order valence-corrected chi connectivity index (χ0v) is 19.5. The van der Waals surface area contributed by atoms with Crippen molar-refractivity contribution in [2.45, 2.75) is 11.6 Å². The third-order valence-electron chi connectivity index (χ3n) is 6.95. The Morgan fingerprint density at radius 1 is 1.00 bits per heavy atom. The molecule has 8 nitrogen and oxygen atoms in total. The number of rotatable bonds is 5. The summed E-state index contributed by atoms with van der Waals surface area (Å²) in [5.74, 6) is -5.13. The average molecular weight is 490 g/mol. The van der Waals surface area contributed by atoms with Crippen LogP contribution in [0.5, 0.6) is 11.5 Å². The molecule has 4 atom stereocenters. The lowest BCUT2D eigenvalue weighted by molar-refractivity contribution is -0.152. The van der Waals surface area contributed by atoms with Gasteiger partial charge in [0.25, 0.3) is 0 Å². The van der Waals surface area contributed by atoms with Crippen molar-refractivity contribution in [1.82, 2.24) is 5.32 Å². The quantitative estimate of drug-likeness (QED) is 0.418. The summed E-state index contributed by atoms with van der Waals surface area (Å²) in [6.45, 7) is 0. The summed E-state index contributed by atoms with van der Waals surface area (Å²) in [6.07, 6.45) is 0. The van der Waals surface area contributed by atoms with Crippen molar-refractivity contribution >= 4 is 23.5 Å². The van der Waals surface area contributed by atoms with Gasteiger partial charge in [-0.3, -0.25) is 14.9 Å². The largest absolute Gasteiger partial charge is 0.504 e. The Morgan fingerprint density at radius 2 is 1.69 bits per heavy atom. The summed E-state index contributed by atoms with van der Waals surface area (Å²) < 4.78 is 25.2. The molecule has 0 aliphatic carbocycles. The van der Waals surface area contributed by atoms with E-state index in [2.05, 4.69) is 5.32 Å². The molecule has 2 N–H and O–H groups in total. The number of nitrogens with one attached hydrogen (secondary N) is 1. The molecule has 3 aromatic carbocycles.